The van der Waals surface area contributed by atoms with Crippen molar-refractivity contribution in [1.29, 1.82) is 0 Å². The molecule has 3 nitrogen and oxygen atoms in total. The molecule has 5 heteroatoms. The van der Waals surface area contributed by atoms with Gasteiger partial charge in [0.15, 0.2) is 0 Å². The number of nitrogens with zero attached hydrogens (tertiary/aromatic N) is 1. The van der Waals surface area contributed by atoms with Crippen LogP contribution in [0.4, 0.5) is 0 Å². The second-order valence-corrected chi connectivity index (χ2v) is 4.78. The second-order valence-electron chi connectivity index (χ2n) is 3.84. The first-order valence-electron chi connectivity index (χ1n) is 5.41. The molecule has 0 radical (unpaired) electrons. The van der Waals surface area contributed by atoms with Crippen molar-refractivity contribution in [3.63, 3.8) is 0 Å². The largest absolute Gasteiger partial charge is 1.00 e. The average Bonchev–Trinajstić information content (AvgIpc) is 2.91. The van der Waals surface area contributed by atoms with E-state index in [1.807, 2.05) is 23.6 Å². The Morgan fingerprint density at radius 1 is 1.16 bits per heavy atom. The maximum atomic E-state index is 11.2. The number of thiophene rings is 1. The number of carboxylic acids is 1. The maximum Gasteiger partial charge on any atom is 1.00 e. The molecule has 1 aromatic carbocycles. The molecule has 0 amide bonds. The average molecular weight is 277 g/mol. The van der Waals surface area contributed by atoms with Crippen molar-refractivity contribution >= 4 is 28.2 Å². The molecule has 0 N–H and O–H groups in total. The predicted molar refractivity (Wildman–Crippen MR) is 69.4 cm³/mol. The van der Waals surface area contributed by atoms with E-state index < -0.39 is 5.97 Å². The Balaban J connectivity index is 0.00000133. The van der Waals surface area contributed by atoms with Gasteiger partial charge in [-0.2, -0.15) is 0 Å². The van der Waals surface area contributed by atoms with Crippen molar-refractivity contribution < 1.29 is 39.5 Å². The van der Waals surface area contributed by atoms with Gasteiger partial charge in [-0.3, -0.25) is 0 Å². The van der Waals surface area contributed by atoms with Crippen LogP contribution in [0.15, 0.2) is 47.8 Å². The van der Waals surface area contributed by atoms with Crippen molar-refractivity contribution in [3.8, 4) is 10.6 Å². The molecule has 2 heterocycles. The first kappa shape index (κ1) is 14.2. The summed E-state index contributed by atoms with van der Waals surface area (Å²) in [5.74, 6) is -1.17. The van der Waals surface area contributed by atoms with E-state index in [0.29, 0.717) is 16.6 Å². The summed E-state index contributed by atoms with van der Waals surface area (Å²) in [6, 6.07) is 12.6. The number of hydrogen-bond acceptors (Lipinski definition) is 4. The van der Waals surface area contributed by atoms with E-state index in [-0.39, 0.29) is 35.1 Å². The molecule has 0 bridgehead atoms. The molecule has 0 aliphatic carbocycles. The maximum absolute atomic E-state index is 11.2. The number of aromatic nitrogens is 1. The number of para-hydroxylation sites is 1. The molecule has 19 heavy (non-hydrogen) atoms. The molecule has 0 unspecified atom stereocenters. The minimum Gasteiger partial charge on any atom is -0.545 e. The molecule has 0 atom stereocenters. The predicted octanol–water partition coefficient (Wildman–Crippen LogP) is -0.669. The molecule has 3 rings (SSSR count). The molecular formula is C14H8NNaO2S. The topological polar surface area (TPSA) is 53.0 Å². The van der Waals surface area contributed by atoms with Gasteiger partial charge in [-0.25, -0.2) is 4.98 Å². The Kier molecular flexibility index (Phi) is 4.37. The minimum atomic E-state index is -1.17. The summed E-state index contributed by atoms with van der Waals surface area (Å²) in [6.45, 7) is 0. The molecule has 0 saturated heterocycles. The second kappa shape index (κ2) is 5.84. The van der Waals surface area contributed by atoms with Crippen molar-refractivity contribution in [2.75, 3.05) is 0 Å². The van der Waals surface area contributed by atoms with Gasteiger partial charge in [-0.05, 0) is 23.6 Å². The van der Waals surface area contributed by atoms with E-state index >= 15 is 0 Å². The Bertz CT molecular complexity index is 725. The van der Waals surface area contributed by atoms with Crippen LogP contribution in [-0.2, 0) is 0 Å². The normalized spacial score (nSPS) is 10.1. The molecule has 2 aromatic heterocycles. The molecule has 3 aromatic rings. The van der Waals surface area contributed by atoms with E-state index in [0.717, 1.165) is 4.88 Å². The summed E-state index contributed by atoms with van der Waals surface area (Å²) in [6.07, 6.45) is 0. The first-order valence-corrected chi connectivity index (χ1v) is 6.28. The van der Waals surface area contributed by atoms with Crippen molar-refractivity contribution in [2.24, 2.45) is 0 Å². The standard InChI is InChI=1S/C14H9NO2S.Na/c16-14(17)10-8-12(13-6-3-7-18-13)15-11-5-2-1-4-9(10)11;/h1-8H,(H,16,17);/q;+1/p-1. The third kappa shape index (κ3) is 2.72. The Hall–Kier alpha value is -1.20. The fourth-order valence-electron chi connectivity index (χ4n) is 1.89. The summed E-state index contributed by atoms with van der Waals surface area (Å²) in [7, 11) is 0. The number of rotatable bonds is 2. The fraction of sp³-hybridized carbons (Fsp3) is 0. The molecule has 0 fully saturated rings. The van der Waals surface area contributed by atoms with Gasteiger partial charge in [-0.1, -0.05) is 24.3 Å². The number of benzene rings is 1. The van der Waals surface area contributed by atoms with Crippen molar-refractivity contribution in [1.82, 2.24) is 4.98 Å². The smallest absolute Gasteiger partial charge is 0.545 e. The zero-order valence-electron chi connectivity index (χ0n) is 10.3. The SMILES string of the molecule is O=C([O-])c1cc(-c2cccs2)nc2ccccc12.[Na+]. The Morgan fingerprint density at radius 2 is 1.95 bits per heavy atom. The Morgan fingerprint density at radius 3 is 2.63 bits per heavy atom. The van der Waals surface area contributed by atoms with Gasteiger partial charge in [0.25, 0.3) is 0 Å². The van der Waals surface area contributed by atoms with E-state index in [1.54, 1.807) is 24.3 Å². The van der Waals surface area contributed by atoms with Crippen LogP contribution >= 0.6 is 11.3 Å². The van der Waals surface area contributed by atoms with Crippen LogP contribution < -0.4 is 34.7 Å². The van der Waals surface area contributed by atoms with Gasteiger partial charge in [-0.15, -0.1) is 11.3 Å². The van der Waals surface area contributed by atoms with Gasteiger partial charge < -0.3 is 9.90 Å². The third-order valence-corrected chi connectivity index (χ3v) is 3.60. The number of pyridine rings is 1. The molecule has 0 aliphatic rings. The molecular weight excluding hydrogens is 269 g/mol. The van der Waals surface area contributed by atoms with Crippen LogP contribution in [0.3, 0.4) is 0 Å². The molecule has 88 valence electrons. The van der Waals surface area contributed by atoms with Crippen LogP contribution in [0.25, 0.3) is 21.5 Å². The van der Waals surface area contributed by atoms with Crippen molar-refractivity contribution in [2.45, 2.75) is 0 Å². The number of fused-ring (bicyclic) bond motifs is 1. The molecule has 0 aliphatic heterocycles. The number of carbonyl (C=O) groups excluding carboxylic acids is 1. The van der Waals surface area contributed by atoms with Gasteiger partial charge in [0.05, 0.1) is 22.1 Å². The van der Waals surface area contributed by atoms with Crippen LogP contribution in [0, 0.1) is 0 Å². The first-order chi connectivity index (χ1) is 8.75. The van der Waals surface area contributed by atoms with Crippen molar-refractivity contribution in [3.05, 3.63) is 53.4 Å². The quantitative estimate of drug-likeness (QED) is 0.584. The molecule has 0 spiro atoms. The van der Waals surface area contributed by atoms with Crippen LogP contribution in [-0.4, -0.2) is 11.0 Å². The van der Waals surface area contributed by atoms with E-state index in [4.69, 9.17) is 0 Å². The number of aromatic carboxylic acids is 1. The zero-order valence-corrected chi connectivity index (χ0v) is 13.1. The van der Waals surface area contributed by atoms with Gasteiger partial charge in [0.1, 0.15) is 0 Å². The molecule has 0 saturated carbocycles. The van der Waals surface area contributed by atoms with Gasteiger partial charge in [0, 0.05) is 10.9 Å². The summed E-state index contributed by atoms with van der Waals surface area (Å²) in [5, 5.41) is 13.7. The zero-order chi connectivity index (χ0) is 12.5. The fourth-order valence-corrected chi connectivity index (χ4v) is 2.58. The van der Waals surface area contributed by atoms with Crippen LogP contribution in [0.2, 0.25) is 0 Å². The number of hydrogen-bond donors (Lipinski definition) is 0. The minimum absolute atomic E-state index is 0. The number of carboxylic acid groups (broad SMARTS) is 1. The number of carbonyl (C=O) groups is 1. The summed E-state index contributed by atoms with van der Waals surface area (Å²) < 4.78 is 0. The van der Waals surface area contributed by atoms with Crippen LogP contribution in [0.5, 0.6) is 0 Å². The van der Waals surface area contributed by atoms with E-state index in [2.05, 4.69) is 4.98 Å². The summed E-state index contributed by atoms with van der Waals surface area (Å²) in [4.78, 5) is 16.6. The van der Waals surface area contributed by atoms with Gasteiger partial charge in [0.2, 0.25) is 0 Å². The monoisotopic (exact) mass is 277 g/mol. The van der Waals surface area contributed by atoms with E-state index in [9.17, 15) is 9.90 Å². The van der Waals surface area contributed by atoms with E-state index in [1.165, 1.54) is 11.3 Å². The third-order valence-electron chi connectivity index (χ3n) is 2.71. The van der Waals surface area contributed by atoms with Gasteiger partial charge >= 0.3 is 29.6 Å². The summed E-state index contributed by atoms with van der Waals surface area (Å²) >= 11 is 1.53. The summed E-state index contributed by atoms with van der Waals surface area (Å²) in [5.41, 5.74) is 1.52. The van der Waals surface area contributed by atoms with Crippen LogP contribution in [0.1, 0.15) is 10.4 Å². The Labute approximate surface area is 136 Å².